The molecule has 3 N–H and O–H groups in total. The van der Waals surface area contributed by atoms with Gasteiger partial charge in [0.25, 0.3) is 0 Å². The second kappa shape index (κ2) is 5.26. The fourth-order valence-corrected chi connectivity index (χ4v) is 1.73. The number of rotatable bonds is 4. The molecule has 1 aromatic carbocycles. The number of carbonyl (C=O) groups is 1. The average Bonchev–Trinajstić information content (AvgIpc) is 2.28. The zero-order chi connectivity index (χ0) is 14.0. The molecule has 0 fully saturated rings. The molecule has 0 saturated carbocycles. The van der Waals surface area contributed by atoms with Crippen molar-refractivity contribution in [2.24, 2.45) is 10.6 Å². The lowest BCUT2D eigenvalue weighted by Gasteiger charge is -2.20. The number of sulfonamides is 1. The molecule has 0 bridgehead atoms. The van der Waals surface area contributed by atoms with Gasteiger partial charge >= 0.3 is 0 Å². The molecule has 0 saturated heterocycles. The molecule has 0 aliphatic rings. The number of primary sulfonamides is 1. The molecule has 0 radical (unpaired) electrons. The molecule has 1 amide bonds. The molecule has 0 atom stereocenters. The van der Waals surface area contributed by atoms with Crippen molar-refractivity contribution >= 4 is 33.2 Å². The molecule has 0 aliphatic heterocycles. The molecular formula is C11H15ClN2O3S. The zero-order valence-electron chi connectivity index (χ0n) is 10.1. The number of halogens is 1. The standard InChI is InChI=1S/C11H15ClN2O3S/c1-11(2,7-12)10(15)14-8-3-5-9(6-4-8)18(13,16)17/h3-6H,7H2,1-2H3,(H,14,15)(H2,13,16,17). The van der Waals surface area contributed by atoms with Crippen LogP contribution in [0.1, 0.15) is 13.8 Å². The first-order chi connectivity index (χ1) is 8.16. The van der Waals surface area contributed by atoms with Gasteiger partial charge in [-0.2, -0.15) is 0 Å². The third kappa shape index (κ3) is 3.69. The van der Waals surface area contributed by atoms with Gasteiger partial charge in [0.15, 0.2) is 0 Å². The number of alkyl halides is 1. The van der Waals surface area contributed by atoms with Crippen LogP contribution in [0.5, 0.6) is 0 Å². The summed E-state index contributed by atoms with van der Waals surface area (Å²) in [5.41, 5.74) is -0.203. The predicted octanol–water partition coefficient (Wildman–Crippen LogP) is 1.54. The van der Waals surface area contributed by atoms with E-state index >= 15 is 0 Å². The Balaban J connectivity index is 2.86. The third-order valence-corrected chi connectivity index (χ3v) is 3.99. The molecule has 0 unspecified atom stereocenters. The largest absolute Gasteiger partial charge is 0.326 e. The minimum absolute atomic E-state index is 0.00268. The summed E-state index contributed by atoms with van der Waals surface area (Å²) in [6.45, 7) is 3.43. The van der Waals surface area contributed by atoms with E-state index in [-0.39, 0.29) is 16.7 Å². The first-order valence-electron chi connectivity index (χ1n) is 5.17. The third-order valence-electron chi connectivity index (χ3n) is 2.39. The van der Waals surface area contributed by atoms with Gasteiger partial charge in [0.2, 0.25) is 15.9 Å². The average molecular weight is 291 g/mol. The molecule has 5 nitrogen and oxygen atoms in total. The van der Waals surface area contributed by atoms with Gasteiger partial charge in [0.1, 0.15) is 0 Å². The van der Waals surface area contributed by atoms with Gasteiger partial charge in [-0.1, -0.05) is 0 Å². The molecule has 1 aromatic rings. The van der Waals surface area contributed by atoms with Crippen LogP contribution in [0.25, 0.3) is 0 Å². The summed E-state index contributed by atoms with van der Waals surface area (Å²) < 4.78 is 22.1. The van der Waals surface area contributed by atoms with E-state index in [1.165, 1.54) is 24.3 Å². The highest BCUT2D eigenvalue weighted by Crippen LogP contribution is 2.20. The van der Waals surface area contributed by atoms with Crippen LogP contribution in [0.15, 0.2) is 29.2 Å². The van der Waals surface area contributed by atoms with E-state index in [2.05, 4.69) is 5.32 Å². The summed E-state index contributed by atoms with van der Waals surface area (Å²) in [5, 5.41) is 7.62. The summed E-state index contributed by atoms with van der Waals surface area (Å²) in [6, 6.07) is 5.61. The van der Waals surface area contributed by atoms with Gasteiger partial charge in [-0.3, -0.25) is 4.79 Å². The summed E-state index contributed by atoms with van der Waals surface area (Å²) in [6.07, 6.45) is 0. The quantitative estimate of drug-likeness (QED) is 0.824. The Morgan fingerprint density at radius 1 is 1.33 bits per heavy atom. The van der Waals surface area contributed by atoms with Gasteiger partial charge in [-0.15, -0.1) is 11.6 Å². The van der Waals surface area contributed by atoms with Crippen molar-refractivity contribution in [1.29, 1.82) is 0 Å². The second-order valence-electron chi connectivity index (χ2n) is 4.54. The molecule has 7 heteroatoms. The van der Waals surface area contributed by atoms with Crippen LogP contribution < -0.4 is 10.5 Å². The number of hydrogen-bond acceptors (Lipinski definition) is 3. The summed E-state index contributed by atoms with van der Waals surface area (Å²) in [4.78, 5) is 11.8. The highest BCUT2D eigenvalue weighted by atomic mass is 35.5. The molecule has 18 heavy (non-hydrogen) atoms. The molecule has 0 heterocycles. The van der Waals surface area contributed by atoms with Gasteiger partial charge in [-0.05, 0) is 38.1 Å². The first kappa shape index (κ1) is 14.9. The Labute approximate surface area is 111 Å². The number of nitrogens with two attached hydrogens (primary N) is 1. The van der Waals surface area contributed by atoms with Crippen molar-refractivity contribution < 1.29 is 13.2 Å². The van der Waals surface area contributed by atoms with Crippen LogP contribution in [0.2, 0.25) is 0 Å². The maximum atomic E-state index is 11.8. The van der Waals surface area contributed by atoms with Gasteiger partial charge in [0, 0.05) is 11.6 Å². The van der Waals surface area contributed by atoms with E-state index in [9.17, 15) is 13.2 Å². The van der Waals surface area contributed by atoms with E-state index in [0.29, 0.717) is 5.69 Å². The Hall–Kier alpha value is -1.11. The van der Waals surface area contributed by atoms with Gasteiger partial charge in [0.05, 0.1) is 10.3 Å². The molecule has 0 aliphatic carbocycles. The van der Waals surface area contributed by atoms with Crippen LogP contribution in [0, 0.1) is 5.41 Å². The smallest absolute Gasteiger partial charge is 0.238 e. The number of hydrogen-bond donors (Lipinski definition) is 2. The maximum absolute atomic E-state index is 11.8. The van der Waals surface area contributed by atoms with E-state index in [4.69, 9.17) is 16.7 Å². The Bertz CT molecular complexity index is 538. The van der Waals surface area contributed by atoms with E-state index in [1.54, 1.807) is 13.8 Å². The Kier molecular flexibility index (Phi) is 4.37. The Morgan fingerprint density at radius 3 is 2.22 bits per heavy atom. The van der Waals surface area contributed by atoms with Crippen LogP contribution in [-0.2, 0) is 14.8 Å². The number of anilines is 1. The lowest BCUT2D eigenvalue weighted by atomic mass is 9.95. The van der Waals surface area contributed by atoms with Crippen LogP contribution in [-0.4, -0.2) is 20.2 Å². The van der Waals surface area contributed by atoms with Crippen LogP contribution in [0.3, 0.4) is 0 Å². The SMILES string of the molecule is CC(C)(CCl)C(=O)Nc1ccc(S(N)(=O)=O)cc1. The zero-order valence-corrected chi connectivity index (χ0v) is 11.7. The van der Waals surface area contributed by atoms with Crippen molar-refractivity contribution in [3.05, 3.63) is 24.3 Å². The molecule has 0 spiro atoms. The molecule has 100 valence electrons. The summed E-state index contributed by atoms with van der Waals surface area (Å²) in [7, 11) is -3.71. The topological polar surface area (TPSA) is 89.3 Å². The normalized spacial score (nSPS) is 12.2. The fourth-order valence-electron chi connectivity index (χ4n) is 1.09. The fraction of sp³-hybridized carbons (Fsp3) is 0.364. The van der Waals surface area contributed by atoms with E-state index < -0.39 is 15.4 Å². The summed E-state index contributed by atoms with van der Waals surface area (Å²) in [5.74, 6) is -0.0467. The minimum Gasteiger partial charge on any atom is -0.326 e. The minimum atomic E-state index is -3.71. The van der Waals surface area contributed by atoms with Crippen LogP contribution in [0.4, 0.5) is 5.69 Å². The first-order valence-corrected chi connectivity index (χ1v) is 7.25. The molecule has 1 rings (SSSR count). The summed E-state index contributed by atoms with van der Waals surface area (Å²) >= 11 is 5.68. The maximum Gasteiger partial charge on any atom is 0.238 e. The van der Waals surface area contributed by atoms with Crippen molar-refractivity contribution in [2.45, 2.75) is 18.7 Å². The van der Waals surface area contributed by atoms with Crippen LogP contribution >= 0.6 is 11.6 Å². The lowest BCUT2D eigenvalue weighted by molar-refractivity contribution is -0.122. The van der Waals surface area contributed by atoms with Crippen molar-refractivity contribution in [1.82, 2.24) is 0 Å². The van der Waals surface area contributed by atoms with E-state index in [1.807, 2.05) is 0 Å². The Morgan fingerprint density at radius 2 is 1.83 bits per heavy atom. The van der Waals surface area contributed by atoms with Crippen molar-refractivity contribution in [2.75, 3.05) is 11.2 Å². The predicted molar refractivity (Wildman–Crippen MR) is 70.9 cm³/mol. The van der Waals surface area contributed by atoms with Gasteiger partial charge in [-0.25, -0.2) is 13.6 Å². The number of carbonyl (C=O) groups excluding carboxylic acids is 1. The number of amides is 1. The monoisotopic (exact) mass is 290 g/mol. The van der Waals surface area contributed by atoms with Gasteiger partial charge < -0.3 is 5.32 Å². The molecular weight excluding hydrogens is 276 g/mol. The van der Waals surface area contributed by atoms with Crippen molar-refractivity contribution in [3.63, 3.8) is 0 Å². The van der Waals surface area contributed by atoms with E-state index in [0.717, 1.165) is 0 Å². The highest BCUT2D eigenvalue weighted by Gasteiger charge is 2.26. The lowest BCUT2D eigenvalue weighted by Crippen LogP contribution is -2.32. The second-order valence-corrected chi connectivity index (χ2v) is 6.37. The number of nitrogens with one attached hydrogen (secondary N) is 1. The highest BCUT2D eigenvalue weighted by molar-refractivity contribution is 7.89. The molecule has 0 aromatic heterocycles. The van der Waals surface area contributed by atoms with Crippen molar-refractivity contribution in [3.8, 4) is 0 Å². The number of benzene rings is 1.